The van der Waals surface area contributed by atoms with Crippen molar-refractivity contribution in [2.75, 3.05) is 5.73 Å². The largest absolute Gasteiger partial charge is 0.383 e. The molecule has 2 aromatic rings. The van der Waals surface area contributed by atoms with E-state index >= 15 is 0 Å². The molecule has 0 fully saturated rings. The van der Waals surface area contributed by atoms with Crippen LogP contribution in [-0.4, -0.2) is 9.38 Å². The molecule has 66 valence electrons. The van der Waals surface area contributed by atoms with E-state index in [4.69, 9.17) is 5.73 Å². The standard InChI is InChI=1S/C8H6FN3O/c9-5-2-1-3-12-7(13)4-6(10)11-8(5)12/h1-4H,10H2. The van der Waals surface area contributed by atoms with Crippen molar-refractivity contribution in [1.29, 1.82) is 0 Å². The second-order valence-corrected chi connectivity index (χ2v) is 2.57. The molecule has 0 bridgehead atoms. The highest BCUT2D eigenvalue weighted by Crippen LogP contribution is 2.04. The van der Waals surface area contributed by atoms with Crippen LogP contribution in [0, 0.1) is 5.82 Å². The van der Waals surface area contributed by atoms with Gasteiger partial charge in [0.15, 0.2) is 11.5 Å². The van der Waals surface area contributed by atoms with Gasteiger partial charge in [-0.3, -0.25) is 9.20 Å². The fourth-order valence-corrected chi connectivity index (χ4v) is 1.11. The maximum Gasteiger partial charge on any atom is 0.260 e. The van der Waals surface area contributed by atoms with Crippen LogP contribution in [0.15, 0.2) is 29.2 Å². The summed E-state index contributed by atoms with van der Waals surface area (Å²) in [6.45, 7) is 0. The van der Waals surface area contributed by atoms with Gasteiger partial charge in [-0.1, -0.05) is 0 Å². The summed E-state index contributed by atoms with van der Waals surface area (Å²) in [5.41, 5.74) is 4.87. The van der Waals surface area contributed by atoms with Gasteiger partial charge in [0.2, 0.25) is 0 Å². The van der Waals surface area contributed by atoms with Crippen LogP contribution in [0.25, 0.3) is 5.65 Å². The molecule has 2 rings (SSSR count). The molecular weight excluding hydrogens is 173 g/mol. The second-order valence-electron chi connectivity index (χ2n) is 2.57. The topological polar surface area (TPSA) is 60.4 Å². The highest BCUT2D eigenvalue weighted by molar-refractivity contribution is 5.45. The molecule has 0 unspecified atom stereocenters. The third kappa shape index (κ3) is 1.14. The van der Waals surface area contributed by atoms with Gasteiger partial charge >= 0.3 is 0 Å². The Bertz CT molecular complexity index is 520. The molecule has 0 aliphatic carbocycles. The Morgan fingerprint density at radius 2 is 2.31 bits per heavy atom. The number of nitrogens with zero attached hydrogens (tertiary/aromatic N) is 2. The molecule has 0 aliphatic rings. The third-order valence-electron chi connectivity index (χ3n) is 1.66. The van der Waals surface area contributed by atoms with Gasteiger partial charge in [0.05, 0.1) is 0 Å². The van der Waals surface area contributed by atoms with E-state index in [0.29, 0.717) is 0 Å². The maximum absolute atomic E-state index is 13.1. The van der Waals surface area contributed by atoms with Crippen LogP contribution < -0.4 is 11.3 Å². The first-order valence-electron chi connectivity index (χ1n) is 3.62. The van der Waals surface area contributed by atoms with E-state index in [1.807, 2.05) is 0 Å². The van der Waals surface area contributed by atoms with Gasteiger partial charge in [0.1, 0.15) is 5.82 Å². The zero-order chi connectivity index (χ0) is 9.42. The first kappa shape index (κ1) is 7.72. The lowest BCUT2D eigenvalue weighted by Crippen LogP contribution is -2.15. The molecule has 2 heterocycles. The Morgan fingerprint density at radius 1 is 1.54 bits per heavy atom. The molecule has 0 atom stereocenters. The van der Waals surface area contributed by atoms with E-state index in [2.05, 4.69) is 4.98 Å². The molecule has 4 nitrogen and oxygen atoms in total. The van der Waals surface area contributed by atoms with Crippen molar-refractivity contribution in [3.05, 3.63) is 40.6 Å². The van der Waals surface area contributed by atoms with Gasteiger partial charge in [-0.15, -0.1) is 0 Å². The summed E-state index contributed by atoms with van der Waals surface area (Å²) in [6, 6.07) is 3.80. The number of anilines is 1. The fourth-order valence-electron chi connectivity index (χ4n) is 1.11. The maximum atomic E-state index is 13.1. The Kier molecular flexibility index (Phi) is 1.51. The SMILES string of the molecule is Nc1cc(=O)n2cccc(F)c2n1. The van der Waals surface area contributed by atoms with Gasteiger partial charge in [0, 0.05) is 12.3 Å². The number of aromatic nitrogens is 2. The van der Waals surface area contributed by atoms with E-state index in [9.17, 15) is 9.18 Å². The Labute approximate surface area is 72.4 Å². The summed E-state index contributed by atoms with van der Waals surface area (Å²) in [5.74, 6) is -0.540. The summed E-state index contributed by atoms with van der Waals surface area (Å²) in [5, 5.41) is 0. The lowest BCUT2D eigenvalue weighted by molar-refractivity contribution is 0.627. The Hall–Kier alpha value is -1.91. The van der Waals surface area contributed by atoms with Gasteiger partial charge in [-0.05, 0) is 12.1 Å². The quantitative estimate of drug-likeness (QED) is 0.637. The van der Waals surface area contributed by atoms with Gasteiger partial charge in [0.25, 0.3) is 5.56 Å². The zero-order valence-electron chi connectivity index (χ0n) is 6.57. The predicted octanol–water partition coefficient (Wildman–Crippen LogP) is 0.416. The van der Waals surface area contributed by atoms with Crippen LogP contribution in [0.3, 0.4) is 0 Å². The summed E-state index contributed by atoms with van der Waals surface area (Å²) in [6.07, 6.45) is 1.44. The summed E-state index contributed by atoms with van der Waals surface area (Å²) < 4.78 is 14.2. The van der Waals surface area contributed by atoms with E-state index in [-0.39, 0.29) is 17.0 Å². The number of pyridine rings is 1. The smallest absolute Gasteiger partial charge is 0.260 e. The third-order valence-corrected chi connectivity index (χ3v) is 1.66. The van der Waals surface area contributed by atoms with E-state index in [1.165, 1.54) is 18.3 Å². The lowest BCUT2D eigenvalue weighted by atomic mass is 10.4. The average Bonchev–Trinajstić information content (AvgIpc) is 2.07. The van der Waals surface area contributed by atoms with Crippen molar-refractivity contribution < 1.29 is 4.39 Å². The van der Waals surface area contributed by atoms with Crippen LogP contribution in [0.4, 0.5) is 10.2 Å². The van der Waals surface area contributed by atoms with Crippen molar-refractivity contribution in [1.82, 2.24) is 9.38 Å². The normalized spacial score (nSPS) is 10.5. The molecule has 0 saturated carbocycles. The molecule has 13 heavy (non-hydrogen) atoms. The molecule has 0 spiro atoms. The number of nitrogen functional groups attached to an aromatic ring is 1. The number of nitrogens with two attached hydrogens (primary N) is 1. The second kappa shape index (κ2) is 2.55. The van der Waals surface area contributed by atoms with Crippen molar-refractivity contribution in [2.24, 2.45) is 0 Å². The van der Waals surface area contributed by atoms with Crippen LogP contribution in [0.1, 0.15) is 0 Å². The summed E-state index contributed by atoms with van der Waals surface area (Å²) >= 11 is 0. The fraction of sp³-hybridized carbons (Fsp3) is 0. The predicted molar refractivity (Wildman–Crippen MR) is 45.8 cm³/mol. The van der Waals surface area contributed by atoms with E-state index in [1.54, 1.807) is 0 Å². The number of fused-ring (bicyclic) bond motifs is 1. The van der Waals surface area contributed by atoms with E-state index < -0.39 is 5.82 Å². The van der Waals surface area contributed by atoms with Crippen molar-refractivity contribution >= 4 is 11.5 Å². The first-order valence-corrected chi connectivity index (χ1v) is 3.62. The van der Waals surface area contributed by atoms with Crippen molar-refractivity contribution in [3.63, 3.8) is 0 Å². The van der Waals surface area contributed by atoms with Crippen molar-refractivity contribution in [2.45, 2.75) is 0 Å². The van der Waals surface area contributed by atoms with Crippen LogP contribution in [-0.2, 0) is 0 Å². The van der Waals surface area contributed by atoms with Crippen LogP contribution >= 0.6 is 0 Å². The van der Waals surface area contributed by atoms with Crippen LogP contribution in [0.2, 0.25) is 0 Å². The molecule has 2 N–H and O–H groups in total. The Balaban J connectivity index is 3.03. The molecule has 0 aliphatic heterocycles. The number of rotatable bonds is 0. The molecule has 0 amide bonds. The Morgan fingerprint density at radius 3 is 3.08 bits per heavy atom. The molecular formula is C8H6FN3O. The molecule has 5 heteroatoms. The number of hydrogen-bond donors (Lipinski definition) is 1. The first-order chi connectivity index (χ1) is 6.18. The van der Waals surface area contributed by atoms with Gasteiger partial charge in [-0.25, -0.2) is 9.37 Å². The minimum atomic E-state index is -0.563. The number of hydrogen-bond acceptors (Lipinski definition) is 3. The summed E-state index contributed by atoms with van der Waals surface area (Å²) in [4.78, 5) is 14.9. The van der Waals surface area contributed by atoms with E-state index in [0.717, 1.165) is 10.5 Å². The van der Waals surface area contributed by atoms with Crippen LogP contribution in [0.5, 0.6) is 0 Å². The van der Waals surface area contributed by atoms with Gasteiger partial charge in [-0.2, -0.15) is 0 Å². The molecule has 0 aromatic carbocycles. The molecule has 0 saturated heterocycles. The van der Waals surface area contributed by atoms with Gasteiger partial charge < -0.3 is 5.73 Å². The molecule has 2 aromatic heterocycles. The monoisotopic (exact) mass is 179 g/mol. The summed E-state index contributed by atoms with van der Waals surface area (Å²) in [7, 11) is 0. The minimum absolute atomic E-state index is 0.0232. The lowest BCUT2D eigenvalue weighted by Gasteiger charge is -2.00. The highest BCUT2D eigenvalue weighted by Gasteiger charge is 2.03. The number of halogens is 1. The zero-order valence-corrected chi connectivity index (χ0v) is 6.57. The minimum Gasteiger partial charge on any atom is -0.383 e. The molecule has 0 radical (unpaired) electrons. The van der Waals surface area contributed by atoms with Crippen molar-refractivity contribution in [3.8, 4) is 0 Å². The highest BCUT2D eigenvalue weighted by atomic mass is 19.1. The average molecular weight is 179 g/mol.